The maximum Gasteiger partial charge on any atom is 0.151 e. The van der Waals surface area contributed by atoms with Crippen molar-refractivity contribution in [1.29, 1.82) is 0 Å². The highest BCUT2D eigenvalue weighted by Gasteiger charge is 2.34. The maximum absolute atomic E-state index is 12.0. The Hall–Kier alpha value is -0.130. The van der Waals surface area contributed by atoms with E-state index in [-0.39, 0.29) is 16.7 Å². The molecule has 1 aliphatic carbocycles. The molecule has 2 atom stereocenters. The highest BCUT2D eigenvalue weighted by atomic mass is 32.2. The van der Waals surface area contributed by atoms with E-state index in [9.17, 15) is 8.42 Å². The lowest BCUT2D eigenvalue weighted by atomic mass is 9.79. The van der Waals surface area contributed by atoms with Crippen LogP contribution >= 0.6 is 0 Å². The molecule has 1 aliphatic heterocycles. The van der Waals surface area contributed by atoms with Crippen molar-refractivity contribution in [2.75, 3.05) is 26.0 Å². The number of rotatable bonds is 6. The van der Waals surface area contributed by atoms with Crippen molar-refractivity contribution < 1.29 is 13.2 Å². The molecule has 4 nitrogen and oxygen atoms in total. The van der Waals surface area contributed by atoms with Gasteiger partial charge < -0.3 is 10.1 Å². The Labute approximate surface area is 136 Å². The van der Waals surface area contributed by atoms with E-state index < -0.39 is 9.84 Å². The van der Waals surface area contributed by atoms with E-state index in [0.29, 0.717) is 0 Å². The molecule has 0 radical (unpaired) electrons. The molecule has 22 heavy (non-hydrogen) atoms. The van der Waals surface area contributed by atoms with Gasteiger partial charge in [0.25, 0.3) is 0 Å². The SMILES string of the molecule is CC(C)(CN[C@H]1CCCC[C@H]1S(C)(=O)=O)CC1CCOCC1. The molecule has 1 N–H and O–H groups in total. The lowest BCUT2D eigenvalue weighted by molar-refractivity contribution is 0.0507. The van der Waals surface area contributed by atoms with Crippen molar-refractivity contribution in [2.45, 2.75) is 70.1 Å². The molecule has 0 spiro atoms. The molecule has 0 aromatic heterocycles. The molecular weight excluding hydrogens is 298 g/mol. The van der Waals surface area contributed by atoms with Gasteiger partial charge in [-0.25, -0.2) is 8.42 Å². The van der Waals surface area contributed by atoms with Gasteiger partial charge in [0.2, 0.25) is 0 Å². The molecule has 0 aromatic carbocycles. The van der Waals surface area contributed by atoms with Gasteiger partial charge in [-0.1, -0.05) is 26.7 Å². The van der Waals surface area contributed by atoms with Gasteiger partial charge in [0.15, 0.2) is 9.84 Å². The molecule has 0 amide bonds. The molecule has 0 unspecified atom stereocenters. The minimum atomic E-state index is -2.95. The third kappa shape index (κ3) is 5.50. The third-order valence-electron chi connectivity index (χ3n) is 5.28. The Morgan fingerprint density at radius 2 is 1.73 bits per heavy atom. The van der Waals surface area contributed by atoms with E-state index in [2.05, 4.69) is 19.2 Å². The number of sulfone groups is 1. The zero-order chi connectivity index (χ0) is 16.2. The lowest BCUT2D eigenvalue weighted by Gasteiger charge is -2.36. The Morgan fingerprint density at radius 1 is 1.09 bits per heavy atom. The van der Waals surface area contributed by atoms with E-state index in [1.54, 1.807) is 0 Å². The lowest BCUT2D eigenvalue weighted by Crippen LogP contribution is -2.48. The predicted molar refractivity (Wildman–Crippen MR) is 90.8 cm³/mol. The van der Waals surface area contributed by atoms with Crippen LogP contribution in [-0.2, 0) is 14.6 Å². The second kappa shape index (κ2) is 7.63. The molecule has 1 saturated heterocycles. The fourth-order valence-electron chi connectivity index (χ4n) is 4.05. The van der Waals surface area contributed by atoms with Gasteiger partial charge in [-0.15, -0.1) is 0 Å². The summed E-state index contributed by atoms with van der Waals surface area (Å²) < 4.78 is 29.4. The van der Waals surface area contributed by atoms with Crippen LogP contribution in [0.4, 0.5) is 0 Å². The van der Waals surface area contributed by atoms with Gasteiger partial charge in [-0.3, -0.25) is 0 Å². The summed E-state index contributed by atoms with van der Waals surface area (Å²) in [5.74, 6) is 0.752. The average Bonchev–Trinajstić information content (AvgIpc) is 2.45. The fraction of sp³-hybridized carbons (Fsp3) is 1.00. The minimum absolute atomic E-state index is 0.137. The molecule has 1 saturated carbocycles. The van der Waals surface area contributed by atoms with Crippen LogP contribution in [-0.4, -0.2) is 45.7 Å². The highest BCUT2D eigenvalue weighted by molar-refractivity contribution is 7.91. The number of nitrogens with one attached hydrogen (secondary N) is 1. The average molecular weight is 332 g/mol. The molecule has 2 fully saturated rings. The van der Waals surface area contributed by atoms with Crippen molar-refractivity contribution >= 4 is 9.84 Å². The number of hydrogen-bond acceptors (Lipinski definition) is 4. The van der Waals surface area contributed by atoms with E-state index in [1.165, 1.54) is 25.5 Å². The zero-order valence-corrected chi connectivity index (χ0v) is 15.3. The normalized spacial score (nSPS) is 28.7. The van der Waals surface area contributed by atoms with Crippen LogP contribution in [0.1, 0.15) is 58.8 Å². The zero-order valence-electron chi connectivity index (χ0n) is 14.4. The summed E-state index contributed by atoms with van der Waals surface area (Å²) in [7, 11) is -2.95. The van der Waals surface area contributed by atoms with Crippen molar-refractivity contribution in [1.82, 2.24) is 5.32 Å². The summed E-state index contributed by atoms with van der Waals surface area (Å²) in [6.45, 7) is 7.29. The molecule has 2 aliphatic rings. The topological polar surface area (TPSA) is 55.4 Å². The summed E-state index contributed by atoms with van der Waals surface area (Å²) >= 11 is 0. The van der Waals surface area contributed by atoms with Crippen LogP contribution in [0.15, 0.2) is 0 Å². The van der Waals surface area contributed by atoms with Gasteiger partial charge in [-0.05, 0) is 43.4 Å². The van der Waals surface area contributed by atoms with Crippen molar-refractivity contribution in [2.24, 2.45) is 11.3 Å². The van der Waals surface area contributed by atoms with E-state index in [0.717, 1.165) is 51.4 Å². The van der Waals surface area contributed by atoms with Gasteiger partial charge in [0.05, 0.1) is 5.25 Å². The molecule has 1 heterocycles. The van der Waals surface area contributed by atoms with Gasteiger partial charge >= 0.3 is 0 Å². The Balaban J connectivity index is 1.86. The fourth-order valence-corrected chi connectivity index (χ4v) is 5.48. The number of hydrogen-bond donors (Lipinski definition) is 1. The molecular formula is C17H33NO3S. The number of ether oxygens (including phenoxy) is 1. The summed E-state index contributed by atoms with van der Waals surface area (Å²) in [6, 6.07) is 0.137. The van der Waals surface area contributed by atoms with Gasteiger partial charge in [-0.2, -0.15) is 0 Å². The van der Waals surface area contributed by atoms with Crippen molar-refractivity contribution in [3.05, 3.63) is 0 Å². The van der Waals surface area contributed by atoms with Crippen LogP contribution in [0.3, 0.4) is 0 Å². The largest absolute Gasteiger partial charge is 0.381 e. The van der Waals surface area contributed by atoms with Crippen LogP contribution < -0.4 is 5.32 Å². The van der Waals surface area contributed by atoms with Crippen LogP contribution in [0.25, 0.3) is 0 Å². The summed E-state index contributed by atoms with van der Waals surface area (Å²) in [6.07, 6.45) is 8.91. The van der Waals surface area contributed by atoms with Crippen LogP contribution in [0.5, 0.6) is 0 Å². The summed E-state index contributed by atoms with van der Waals surface area (Å²) in [5.41, 5.74) is 0.210. The summed E-state index contributed by atoms with van der Waals surface area (Å²) in [5, 5.41) is 3.40. The third-order valence-corrected chi connectivity index (χ3v) is 6.94. The first-order valence-electron chi connectivity index (χ1n) is 8.78. The highest BCUT2D eigenvalue weighted by Crippen LogP contribution is 2.31. The van der Waals surface area contributed by atoms with Crippen LogP contribution in [0, 0.1) is 11.3 Å². The molecule has 0 bridgehead atoms. The second-order valence-electron chi connectivity index (χ2n) is 8.06. The molecule has 130 valence electrons. The van der Waals surface area contributed by atoms with E-state index in [4.69, 9.17) is 4.74 Å². The smallest absolute Gasteiger partial charge is 0.151 e. The van der Waals surface area contributed by atoms with Gasteiger partial charge in [0.1, 0.15) is 0 Å². The molecule has 0 aromatic rings. The maximum atomic E-state index is 12.0. The van der Waals surface area contributed by atoms with Gasteiger partial charge in [0, 0.05) is 32.1 Å². The minimum Gasteiger partial charge on any atom is -0.381 e. The van der Waals surface area contributed by atoms with E-state index >= 15 is 0 Å². The van der Waals surface area contributed by atoms with Crippen LogP contribution in [0.2, 0.25) is 0 Å². The molecule has 2 rings (SSSR count). The van der Waals surface area contributed by atoms with Crippen molar-refractivity contribution in [3.63, 3.8) is 0 Å². The Morgan fingerprint density at radius 3 is 2.36 bits per heavy atom. The second-order valence-corrected chi connectivity index (χ2v) is 10.3. The first-order valence-corrected chi connectivity index (χ1v) is 10.7. The molecule has 5 heteroatoms. The van der Waals surface area contributed by atoms with E-state index in [1.807, 2.05) is 0 Å². The Kier molecular flexibility index (Phi) is 6.31. The first-order chi connectivity index (χ1) is 10.3. The Bertz CT molecular complexity index is 441. The summed E-state index contributed by atoms with van der Waals surface area (Å²) in [4.78, 5) is 0. The van der Waals surface area contributed by atoms with Crippen molar-refractivity contribution in [3.8, 4) is 0 Å². The standard InChI is InChI=1S/C17H33NO3S/c1-17(2,12-14-8-10-21-11-9-14)13-18-15-6-4-5-7-16(15)22(3,19)20/h14-16,18H,4-13H2,1-3H3/t15-,16+/m0/s1. The monoisotopic (exact) mass is 331 g/mol. The predicted octanol–water partition coefficient (Wildman–Crippen LogP) is 2.77. The first kappa shape index (κ1) is 18.2. The quantitative estimate of drug-likeness (QED) is 0.813.